The molecule has 0 unspecified atom stereocenters. The van der Waals surface area contributed by atoms with E-state index in [0.29, 0.717) is 17.6 Å². The number of carboxylic acid groups (broad SMARTS) is 1. The number of hydrogen-bond donors (Lipinski definition) is 2. The smallest absolute Gasteiger partial charge is 0.360 e. The Morgan fingerprint density at radius 3 is 2.70 bits per heavy atom. The molecular formula is C16H23N5O5S. The minimum Gasteiger partial charge on any atom is -0.481 e. The maximum Gasteiger partial charge on any atom is 0.360 e. The predicted octanol–water partition coefficient (Wildman–Crippen LogP) is 1.44. The number of oxazole rings is 1. The summed E-state index contributed by atoms with van der Waals surface area (Å²) in [7, 11) is 3.29. The molecule has 0 spiro atoms. The van der Waals surface area contributed by atoms with Gasteiger partial charge >= 0.3 is 5.97 Å². The Morgan fingerprint density at radius 2 is 2.07 bits per heavy atom. The first-order valence-electron chi connectivity index (χ1n) is 8.37. The largest absolute Gasteiger partial charge is 0.481 e. The van der Waals surface area contributed by atoms with E-state index < -0.39 is 11.9 Å². The minimum atomic E-state index is -0.833. The zero-order chi connectivity index (χ0) is 19.8. The molecule has 11 heteroatoms. The van der Waals surface area contributed by atoms with Crippen molar-refractivity contribution in [3.8, 4) is 0 Å². The van der Waals surface area contributed by atoms with Crippen LogP contribution >= 0.6 is 11.8 Å². The number of ether oxygens (including phenoxy) is 1. The molecule has 148 valence electrons. The molecule has 3 rings (SSSR count). The number of aliphatic carboxylic acids is 1. The highest BCUT2D eigenvalue weighted by atomic mass is 32.2. The normalized spacial score (nSPS) is 14.3. The van der Waals surface area contributed by atoms with Gasteiger partial charge in [0.15, 0.2) is 10.9 Å². The van der Waals surface area contributed by atoms with Crippen LogP contribution < -0.4 is 5.32 Å². The molecule has 1 aliphatic rings. The van der Waals surface area contributed by atoms with E-state index in [1.165, 1.54) is 25.1 Å². The molecule has 10 nitrogen and oxygen atoms in total. The standard InChI is InChI=1S/C14H19N5O3S.C2H4O2/c1-19-12(9-3-5-15-6-4-9)17-18-14(19)23-8-11-16-10(7-22-11)13(20)21-2;1-2(3)4/h7,9,15H,3-6,8H2,1-2H3;1H3,(H,3,4). The van der Waals surface area contributed by atoms with Crippen LogP contribution in [0.15, 0.2) is 15.8 Å². The maximum absolute atomic E-state index is 11.4. The second-order valence-corrected chi connectivity index (χ2v) is 6.79. The molecule has 2 aromatic heterocycles. The Morgan fingerprint density at radius 1 is 1.41 bits per heavy atom. The van der Waals surface area contributed by atoms with Crippen molar-refractivity contribution in [2.75, 3.05) is 20.2 Å². The summed E-state index contributed by atoms with van der Waals surface area (Å²) < 4.78 is 11.9. The van der Waals surface area contributed by atoms with Gasteiger partial charge < -0.3 is 24.1 Å². The number of carboxylic acids is 1. The maximum atomic E-state index is 11.4. The van der Waals surface area contributed by atoms with E-state index in [4.69, 9.17) is 14.3 Å². The number of nitrogens with zero attached hydrogens (tertiary/aromatic N) is 4. The Labute approximate surface area is 160 Å². The van der Waals surface area contributed by atoms with Crippen molar-refractivity contribution >= 4 is 23.7 Å². The minimum absolute atomic E-state index is 0.177. The summed E-state index contributed by atoms with van der Waals surface area (Å²) in [6.07, 6.45) is 3.47. The summed E-state index contributed by atoms with van der Waals surface area (Å²) in [5, 5.41) is 20.2. The molecule has 1 aliphatic heterocycles. The van der Waals surface area contributed by atoms with Gasteiger partial charge in [0.05, 0.1) is 12.9 Å². The average molecular weight is 397 g/mol. The second-order valence-electron chi connectivity index (χ2n) is 5.85. The highest BCUT2D eigenvalue weighted by Crippen LogP contribution is 2.27. The van der Waals surface area contributed by atoms with Gasteiger partial charge in [-0.1, -0.05) is 11.8 Å². The molecule has 0 saturated carbocycles. The fourth-order valence-electron chi connectivity index (χ4n) is 2.59. The quantitative estimate of drug-likeness (QED) is 0.564. The molecule has 0 amide bonds. The number of aromatic nitrogens is 4. The van der Waals surface area contributed by atoms with Gasteiger partial charge in [-0.3, -0.25) is 4.79 Å². The first-order chi connectivity index (χ1) is 12.9. The summed E-state index contributed by atoms with van der Waals surface area (Å²) in [4.78, 5) is 24.4. The van der Waals surface area contributed by atoms with Gasteiger partial charge in [0.1, 0.15) is 12.1 Å². The van der Waals surface area contributed by atoms with Gasteiger partial charge in [-0.15, -0.1) is 10.2 Å². The molecule has 3 heterocycles. The molecule has 0 aromatic carbocycles. The number of esters is 1. The van der Waals surface area contributed by atoms with Crippen LogP contribution in [0.5, 0.6) is 0 Å². The molecule has 1 fully saturated rings. The number of hydrogen-bond acceptors (Lipinski definition) is 9. The summed E-state index contributed by atoms with van der Waals surface area (Å²) >= 11 is 1.48. The number of carbonyl (C=O) groups excluding carboxylic acids is 1. The van der Waals surface area contributed by atoms with Crippen molar-refractivity contribution in [3.63, 3.8) is 0 Å². The number of methoxy groups -OCH3 is 1. The lowest BCUT2D eigenvalue weighted by molar-refractivity contribution is -0.134. The van der Waals surface area contributed by atoms with Crippen molar-refractivity contribution in [2.45, 2.75) is 36.6 Å². The Hall–Kier alpha value is -2.40. The number of thioether (sulfide) groups is 1. The zero-order valence-corrected chi connectivity index (χ0v) is 16.3. The van der Waals surface area contributed by atoms with E-state index in [2.05, 4.69) is 25.2 Å². The van der Waals surface area contributed by atoms with Crippen molar-refractivity contribution in [3.05, 3.63) is 23.7 Å². The average Bonchev–Trinajstić information content (AvgIpc) is 3.26. The third kappa shape index (κ3) is 6.07. The molecule has 0 radical (unpaired) electrons. The van der Waals surface area contributed by atoms with Crippen molar-refractivity contribution in [1.82, 2.24) is 25.1 Å². The van der Waals surface area contributed by atoms with Gasteiger partial charge in [-0.05, 0) is 25.9 Å². The lowest BCUT2D eigenvalue weighted by Crippen LogP contribution is -2.27. The van der Waals surface area contributed by atoms with Crippen LogP contribution in [0.2, 0.25) is 0 Å². The first-order valence-corrected chi connectivity index (χ1v) is 9.36. The number of rotatable bonds is 5. The number of carbonyl (C=O) groups is 2. The van der Waals surface area contributed by atoms with E-state index in [0.717, 1.165) is 43.8 Å². The van der Waals surface area contributed by atoms with Crippen molar-refractivity contribution < 1.29 is 23.8 Å². The van der Waals surface area contributed by atoms with Crippen LogP contribution in [0.4, 0.5) is 0 Å². The van der Waals surface area contributed by atoms with E-state index in [1.807, 2.05) is 11.6 Å². The van der Waals surface area contributed by atoms with E-state index in [9.17, 15) is 4.79 Å². The molecule has 1 saturated heterocycles. The molecule has 27 heavy (non-hydrogen) atoms. The molecule has 0 aliphatic carbocycles. The highest BCUT2D eigenvalue weighted by Gasteiger charge is 2.22. The van der Waals surface area contributed by atoms with Crippen molar-refractivity contribution in [2.24, 2.45) is 7.05 Å². The molecule has 2 aromatic rings. The molecule has 0 bridgehead atoms. The van der Waals surface area contributed by atoms with Crippen LogP contribution in [0.25, 0.3) is 0 Å². The first kappa shape index (κ1) is 20.9. The molecule has 0 atom stereocenters. The highest BCUT2D eigenvalue weighted by molar-refractivity contribution is 7.98. The topological polar surface area (TPSA) is 132 Å². The second kappa shape index (κ2) is 10.1. The Balaban J connectivity index is 0.000000596. The number of piperidine rings is 1. The summed E-state index contributed by atoms with van der Waals surface area (Å²) in [5.74, 6) is 1.08. The monoisotopic (exact) mass is 397 g/mol. The third-order valence-electron chi connectivity index (χ3n) is 3.84. The summed E-state index contributed by atoms with van der Waals surface area (Å²) in [6.45, 7) is 3.12. The zero-order valence-electron chi connectivity index (χ0n) is 15.5. The fraction of sp³-hybridized carbons (Fsp3) is 0.562. The lowest BCUT2D eigenvalue weighted by Gasteiger charge is -2.21. The lowest BCUT2D eigenvalue weighted by atomic mass is 9.97. The van der Waals surface area contributed by atoms with Gasteiger partial charge in [0.25, 0.3) is 5.97 Å². The molecular weight excluding hydrogens is 374 g/mol. The summed E-state index contributed by atoms with van der Waals surface area (Å²) in [5.41, 5.74) is 0.177. The Bertz CT molecular complexity index is 765. The molecule has 2 N–H and O–H groups in total. The van der Waals surface area contributed by atoms with E-state index in [-0.39, 0.29) is 5.69 Å². The van der Waals surface area contributed by atoms with E-state index >= 15 is 0 Å². The van der Waals surface area contributed by atoms with E-state index in [1.54, 1.807) is 0 Å². The van der Waals surface area contributed by atoms with Crippen LogP contribution in [-0.2, 0) is 22.3 Å². The SMILES string of the molecule is CC(=O)O.COC(=O)c1coc(CSc2nnc(C3CCNCC3)n2C)n1. The van der Waals surface area contributed by atoms with Gasteiger partial charge in [-0.2, -0.15) is 0 Å². The van der Waals surface area contributed by atoms with Gasteiger partial charge in [-0.25, -0.2) is 9.78 Å². The number of nitrogens with one attached hydrogen (secondary N) is 1. The van der Waals surface area contributed by atoms with Crippen LogP contribution in [0.1, 0.15) is 47.9 Å². The fourth-order valence-corrected chi connectivity index (χ4v) is 3.36. The van der Waals surface area contributed by atoms with Crippen LogP contribution in [0.3, 0.4) is 0 Å². The van der Waals surface area contributed by atoms with Crippen LogP contribution in [-0.4, -0.2) is 57.0 Å². The van der Waals surface area contributed by atoms with Gasteiger partial charge in [0.2, 0.25) is 5.89 Å². The van der Waals surface area contributed by atoms with Gasteiger partial charge in [0, 0.05) is 19.9 Å². The predicted molar refractivity (Wildman–Crippen MR) is 96.6 cm³/mol. The van der Waals surface area contributed by atoms with Crippen molar-refractivity contribution in [1.29, 1.82) is 0 Å². The summed E-state index contributed by atoms with van der Waals surface area (Å²) in [6, 6.07) is 0. The van der Waals surface area contributed by atoms with Crippen LogP contribution in [0, 0.1) is 0 Å². The third-order valence-corrected chi connectivity index (χ3v) is 4.85. The Kier molecular flexibility index (Phi) is 7.80.